The van der Waals surface area contributed by atoms with Gasteiger partial charge in [0.1, 0.15) is 0 Å². The van der Waals surface area contributed by atoms with Gasteiger partial charge in [-0.15, -0.1) is 11.3 Å². The van der Waals surface area contributed by atoms with E-state index in [2.05, 4.69) is 4.90 Å². The molecule has 0 spiro atoms. The fourth-order valence-corrected chi connectivity index (χ4v) is 3.24. The topological polar surface area (TPSA) is 42.0 Å². The molecule has 0 N–H and O–H groups in total. The van der Waals surface area contributed by atoms with Crippen molar-refractivity contribution in [2.75, 3.05) is 41.0 Å². The SMILES string of the molecule is CN(C)CCN(C)C(=O)c1cc2cc3c(cc2s1)OCO3. The minimum absolute atomic E-state index is 0.0556. The van der Waals surface area contributed by atoms with Crippen LogP contribution in [0.4, 0.5) is 0 Å². The minimum Gasteiger partial charge on any atom is -0.454 e. The zero-order valence-corrected chi connectivity index (χ0v) is 13.2. The fraction of sp³-hybridized carbons (Fsp3) is 0.400. The Kier molecular flexibility index (Phi) is 3.73. The lowest BCUT2D eigenvalue weighted by molar-refractivity contribution is 0.0791. The van der Waals surface area contributed by atoms with E-state index in [9.17, 15) is 4.79 Å². The van der Waals surface area contributed by atoms with E-state index in [-0.39, 0.29) is 12.7 Å². The molecule has 5 nitrogen and oxygen atoms in total. The molecule has 0 bridgehead atoms. The van der Waals surface area contributed by atoms with Gasteiger partial charge in [-0.25, -0.2) is 0 Å². The van der Waals surface area contributed by atoms with Crippen LogP contribution in [0.25, 0.3) is 10.1 Å². The summed E-state index contributed by atoms with van der Waals surface area (Å²) in [6.07, 6.45) is 0. The molecule has 1 aliphatic rings. The highest BCUT2D eigenvalue weighted by molar-refractivity contribution is 7.20. The van der Waals surface area contributed by atoms with Crippen molar-refractivity contribution in [2.45, 2.75) is 0 Å². The van der Waals surface area contributed by atoms with Crippen LogP contribution in [-0.4, -0.2) is 56.7 Å². The van der Waals surface area contributed by atoms with Gasteiger partial charge in [-0.05, 0) is 31.6 Å². The lowest BCUT2D eigenvalue weighted by Crippen LogP contribution is -2.33. The summed E-state index contributed by atoms with van der Waals surface area (Å²) in [7, 11) is 5.83. The van der Waals surface area contributed by atoms with Gasteiger partial charge >= 0.3 is 0 Å². The fourth-order valence-electron chi connectivity index (χ4n) is 2.17. The zero-order valence-electron chi connectivity index (χ0n) is 12.4. The Morgan fingerprint density at radius 2 is 1.86 bits per heavy atom. The molecule has 0 fully saturated rings. The molecule has 3 rings (SSSR count). The van der Waals surface area contributed by atoms with Crippen LogP contribution < -0.4 is 9.47 Å². The largest absolute Gasteiger partial charge is 0.454 e. The van der Waals surface area contributed by atoms with Gasteiger partial charge in [-0.2, -0.15) is 0 Å². The van der Waals surface area contributed by atoms with E-state index >= 15 is 0 Å². The molecule has 6 heteroatoms. The van der Waals surface area contributed by atoms with Crippen LogP contribution >= 0.6 is 11.3 Å². The number of fused-ring (bicyclic) bond motifs is 2. The molecule has 0 unspecified atom stereocenters. The van der Waals surface area contributed by atoms with Crippen LogP contribution in [0.2, 0.25) is 0 Å². The van der Waals surface area contributed by atoms with Crippen molar-refractivity contribution in [3.63, 3.8) is 0 Å². The predicted molar refractivity (Wildman–Crippen MR) is 83.5 cm³/mol. The third-order valence-electron chi connectivity index (χ3n) is 3.45. The maximum atomic E-state index is 12.4. The summed E-state index contributed by atoms with van der Waals surface area (Å²) in [5.41, 5.74) is 0. The van der Waals surface area contributed by atoms with Crippen molar-refractivity contribution in [2.24, 2.45) is 0 Å². The molecule has 0 radical (unpaired) electrons. The molecule has 0 atom stereocenters. The Morgan fingerprint density at radius 3 is 2.57 bits per heavy atom. The quantitative estimate of drug-likeness (QED) is 0.869. The number of carbonyl (C=O) groups is 1. The number of amides is 1. The molecule has 1 aromatic carbocycles. The number of hydrogen-bond donors (Lipinski definition) is 0. The first-order chi connectivity index (χ1) is 10.0. The number of benzene rings is 1. The van der Waals surface area contributed by atoms with Gasteiger partial charge in [0.05, 0.1) is 4.88 Å². The van der Waals surface area contributed by atoms with Crippen LogP contribution in [-0.2, 0) is 0 Å². The number of carbonyl (C=O) groups excluding carboxylic acids is 1. The zero-order chi connectivity index (χ0) is 15.0. The highest BCUT2D eigenvalue weighted by Crippen LogP contribution is 2.39. The normalized spacial score (nSPS) is 13.1. The molecule has 0 saturated carbocycles. The molecule has 112 valence electrons. The monoisotopic (exact) mass is 306 g/mol. The summed E-state index contributed by atoms with van der Waals surface area (Å²) in [6, 6.07) is 5.81. The first-order valence-corrected chi connectivity index (χ1v) is 7.59. The van der Waals surface area contributed by atoms with E-state index < -0.39 is 0 Å². The number of rotatable bonds is 4. The second-order valence-electron chi connectivity index (χ2n) is 5.38. The van der Waals surface area contributed by atoms with E-state index in [1.54, 1.807) is 4.90 Å². The van der Waals surface area contributed by atoms with Crippen LogP contribution in [0.1, 0.15) is 9.67 Å². The molecule has 21 heavy (non-hydrogen) atoms. The van der Waals surface area contributed by atoms with Crippen molar-refractivity contribution >= 4 is 27.3 Å². The van der Waals surface area contributed by atoms with Crippen molar-refractivity contribution in [1.29, 1.82) is 0 Å². The Bertz CT molecular complexity index is 640. The summed E-state index contributed by atoms with van der Waals surface area (Å²) in [4.78, 5) is 17.0. The van der Waals surface area contributed by atoms with Gasteiger partial charge in [0.25, 0.3) is 5.91 Å². The van der Waals surface area contributed by atoms with Crippen molar-refractivity contribution in [1.82, 2.24) is 9.80 Å². The van der Waals surface area contributed by atoms with Crippen LogP contribution in [0, 0.1) is 0 Å². The van der Waals surface area contributed by atoms with Crippen LogP contribution in [0.15, 0.2) is 18.2 Å². The molecular formula is C15H18N2O3S. The number of nitrogens with zero attached hydrogens (tertiary/aromatic N) is 2. The number of thiophene rings is 1. The lowest BCUT2D eigenvalue weighted by atomic mass is 10.2. The van der Waals surface area contributed by atoms with Crippen molar-refractivity contribution < 1.29 is 14.3 Å². The van der Waals surface area contributed by atoms with Crippen LogP contribution in [0.5, 0.6) is 11.5 Å². The van der Waals surface area contributed by atoms with Crippen molar-refractivity contribution in [3.05, 3.63) is 23.1 Å². The van der Waals surface area contributed by atoms with Gasteiger partial charge < -0.3 is 19.3 Å². The third kappa shape index (κ3) is 2.82. The minimum atomic E-state index is 0.0556. The maximum Gasteiger partial charge on any atom is 0.263 e. The van der Waals surface area contributed by atoms with Gasteiger partial charge in [-0.1, -0.05) is 0 Å². The van der Waals surface area contributed by atoms with E-state index in [1.807, 2.05) is 39.3 Å². The Morgan fingerprint density at radius 1 is 1.14 bits per heavy atom. The summed E-state index contributed by atoms with van der Waals surface area (Å²) >= 11 is 1.49. The molecule has 0 aliphatic carbocycles. The van der Waals surface area contributed by atoms with Gasteiger partial charge in [0.2, 0.25) is 6.79 Å². The highest BCUT2D eigenvalue weighted by atomic mass is 32.1. The maximum absolute atomic E-state index is 12.4. The van der Waals surface area contributed by atoms with Gasteiger partial charge in [-0.3, -0.25) is 4.79 Å². The molecule has 1 amide bonds. The predicted octanol–water partition coefficient (Wildman–Crippen LogP) is 2.26. The molecule has 2 heterocycles. The van der Waals surface area contributed by atoms with E-state index in [4.69, 9.17) is 9.47 Å². The van der Waals surface area contributed by atoms with Gasteiger partial charge in [0.15, 0.2) is 11.5 Å². The molecular weight excluding hydrogens is 288 g/mol. The number of hydrogen-bond acceptors (Lipinski definition) is 5. The Labute approximate surface area is 127 Å². The standard InChI is InChI=1S/C15H18N2O3S/c1-16(2)4-5-17(3)15(18)14-7-10-6-11-12(20-9-19-11)8-13(10)21-14/h6-8H,4-5,9H2,1-3H3. The van der Waals surface area contributed by atoms with E-state index in [0.29, 0.717) is 6.54 Å². The first-order valence-electron chi connectivity index (χ1n) is 6.78. The lowest BCUT2D eigenvalue weighted by Gasteiger charge is -2.18. The van der Waals surface area contributed by atoms with E-state index in [1.165, 1.54) is 11.3 Å². The Balaban J connectivity index is 1.82. The molecule has 2 aromatic rings. The first kappa shape index (κ1) is 14.2. The Hall–Kier alpha value is -1.79. The van der Waals surface area contributed by atoms with Crippen LogP contribution in [0.3, 0.4) is 0 Å². The van der Waals surface area contributed by atoms with E-state index in [0.717, 1.165) is 33.0 Å². The number of ether oxygens (including phenoxy) is 2. The molecule has 1 aliphatic heterocycles. The van der Waals surface area contributed by atoms with Crippen molar-refractivity contribution in [3.8, 4) is 11.5 Å². The smallest absolute Gasteiger partial charge is 0.263 e. The number of likely N-dealkylation sites (N-methyl/N-ethyl adjacent to an activating group) is 2. The third-order valence-corrected chi connectivity index (χ3v) is 4.54. The average molecular weight is 306 g/mol. The van der Waals surface area contributed by atoms with Gasteiger partial charge in [0, 0.05) is 30.9 Å². The second kappa shape index (κ2) is 5.54. The second-order valence-corrected chi connectivity index (χ2v) is 6.47. The molecule has 1 aromatic heterocycles. The average Bonchev–Trinajstić information content (AvgIpc) is 3.06. The summed E-state index contributed by atoms with van der Waals surface area (Å²) in [5, 5.41) is 1.02. The summed E-state index contributed by atoms with van der Waals surface area (Å²) < 4.78 is 11.8. The highest BCUT2D eigenvalue weighted by Gasteiger charge is 2.19. The summed E-state index contributed by atoms with van der Waals surface area (Å²) in [5.74, 6) is 1.56. The molecule has 0 saturated heterocycles. The summed E-state index contributed by atoms with van der Waals surface area (Å²) in [6.45, 7) is 1.83.